The lowest BCUT2D eigenvalue weighted by Crippen LogP contribution is -2.06. The minimum Gasteiger partial charge on any atom is -0.388 e. The van der Waals surface area contributed by atoms with Crippen molar-refractivity contribution in [1.29, 1.82) is 0 Å². The molecular formula is C13H12OS. The fourth-order valence-electron chi connectivity index (χ4n) is 2.17. The Balaban J connectivity index is 2.35. The summed E-state index contributed by atoms with van der Waals surface area (Å²) in [6.07, 6.45) is 0.582. The molecule has 0 aromatic heterocycles. The molecule has 0 fully saturated rings. The van der Waals surface area contributed by atoms with E-state index in [1.165, 1.54) is 15.7 Å². The Kier molecular flexibility index (Phi) is 2.19. The van der Waals surface area contributed by atoms with Crippen molar-refractivity contribution in [3.8, 4) is 0 Å². The molecule has 1 heterocycles. The van der Waals surface area contributed by atoms with Crippen LogP contribution in [0, 0.1) is 0 Å². The molecule has 0 radical (unpaired) electrons. The zero-order chi connectivity index (χ0) is 10.3. The summed E-state index contributed by atoms with van der Waals surface area (Å²) in [5.41, 5.74) is 1.13. The summed E-state index contributed by atoms with van der Waals surface area (Å²) in [4.78, 5) is 1.24. The second kappa shape index (κ2) is 3.54. The van der Waals surface area contributed by atoms with Gasteiger partial charge in [0.05, 0.1) is 6.10 Å². The number of hydrogen-bond donors (Lipinski definition) is 1. The molecule has 15 heavy (non-hydrogen) atoms. The number of fused-ring (bicyclic) bond motifs is 3. The van der Waals surface area contributed by atoms with Crippen molar-refractivity contribution in [3.63, 3.8) is 0 Å². The van der Waals surface area contributed by atoms with Gasteiger partial charge in [-0.2, -0.15) is 0 Å². The van der Waals surface area contributed by atoms with Gasteiger partial charge >= 0.3 is 0 Å². The maximum absolute atomic E-state index is 10.0. The molecule has 0 spiro atoms. The van der Waals surface area contributed by atoms with Crippen molar-refractivity contribution >= 4 is 22.5 Å². The van der Waals surface area contributed by atoms with Gasteiger partial charge in [0, 0.05) is 16.2 Å². The highest BCUT2D eigenvalue weighted by molar-refractivity contribution is 7.99. The fourth-order valence-corrected chi connectivity index (χ4v) is 3.30. The molecule has 76 valence electrons. The summed E-state index contributed by atoms with van der Waals surface area (Å²) >= 11 is 1.85. The predicted octanol–water partition coefficient (Wildman–Crippen LogP) is 3.37. The lowest BCUT2D eigenvalue weighted by atomic mass is 9.98. The van der Waals surface area contributed by atoms with Crippen LogP contribution in [0.3, 0.4) is 0 Å². The molecule has 1 N–H and O–H groups in total. The highest BCUT2D eigenvalue weighted by Crippen LogP contribution is 2.40. The van der Waals surface area contributed by atoms with Gasteiger partial charge in [0.2, 0.25) is 0 Å². The summed E-state index contributed by atoms with van der Waals surface area (Å²) in [7, 11) is 0. The maximum Gasteiger partial charge on any atom is 0.0814 e. The Labute approximate surface area is 93.1 Å². The molecule has 0 saturated heterocycles. The monoisotopic (exact) mass is 216 g/mol. The minimum atomic E-state index is -0.285. The Hall–Kier alpha value is -0.990. The van der Waals surface area contributed by atoms with Gasteiger partial charge in [-0.05, 0) is 23.3 Å². The molecule has 2 aromatic rings. The van der Waals surface area contributed by atoms with Crippen LogP contribution in [0.25, 0.3) is 10.8 Å². The van der Waals surface area contributed by atoms with Crippen LogP contribution >= 0.6 is 11.8 Å². The minimum absolute atomic E-state index is 0.285. The van der Waals surface area contributed by atoms with Gasteiger partial charge in [-0.3, -0.25) is 0 Å². The molecule has 0 amide bonds. The second-order valence-electron chi connectivity index (χ2n) is 3.85. The van der Waals surface area contributed by atoms with E-state index in [2.05, 4.69) is 24.3 Å². The summed E-state index contributed by atoms with van der Waals surface area (Å²) in [5.74, 6) is 1.02. The zero-order valence-electron chi connectivity index (χ0n) is 8.31. The largest absolute Gasteiger partial charge is 0.388 e. The number of hydrogen-bond acceptors (Lipinski definition) is 2. The topological polar surface area (TPSA) is 20.2 Å². The van der Waals surface area contributed by atoms with E-state index in [0.29, 0.717) is 0 Å². The summed E-state index contributed by atoms with van der Waals surface area (Å²) < 4.78 is 0. The van der Waals surface area contributed by atoms with E-state index in [1.54, 1.807) is 0 Å². The molecule has 3 rings (SSSR count). The van der Waals surface area contributed by atoms with E-state index in [9.17, 15) is 5.11 Å². The molecule has 2 heteroatoms. The molecule has 0 saturated carbocycles. The van der Waals surface area contributed by atoms with E-state index in [-0.39, 0.29) is 6.10 Å². The van der Waals surface area contributed by atoms with Crippen LogP contribution in [0.4, 0.5) is 0 Å². The first-order valence-corrected chi connectivity index (χ1v) is 6.17. The first-order chi connectivity index (χ1) is 7.36. The number of benzene rings is 2. The van der Waals surface area contributed by atoms with E-state index < -0.39 is 0 Å². The lowest BCUT2D eigenvalue weighted by Gasteiger charge is -2.22. The van der Waals surface area contributed by atoms with Crippen molar-refractivity contribution in [2.75, 3.05) is 5.75 Å². The number of aliphatic hydroxyl groups excluding tert-OH is 1. The molecule has 1 aliphatic rings. The highest BCUT2D eigenvalue weighted by Gasteiger charge is 2.20. The van der Waals surface area contributed by atoms with Gasteiger partial charge < -0.3 is 5.11 Å². The molecule has 2 aromatic carbocycles. The third kappa shape index (κ3) is 1.45. The molecule has 1 atom stereocenters. The molecule has 0 aliphatic carbocycles. The first-order valence-electron chi connectivity index (χ1n) is 5.19. The van der Waals surface area contributed by atoms with Crippen molar-refractivity contribution in [3.05, 3.63) is 42.0 Å². The third-order valence-electron chi connectivity index (χ3n) is 2.91. The average Bonchev–Trinajstić information content (AvgIpc) is 2.29. The van der Waals surface area contributed by atoms with E-state index in [4.69, 9.17) is 0 Å². The van der Waals surface area contributed by atoms with Crippen molar-refractivity contribution in [1.82, 2.24) is 0 Å². The molecular weight excluding hydrogens is 204 g/mol. The van der Waals surface area contributed by atoms with Gasteiger partial charge in [0.25, 0.3) is 0 Å². The lowest BCUT2D eigenvalue weighted by molar-refractivity contribution is 0.172. The van der Waals surface area contributed by atoms with Crippen LogP contribution < -0.4 is 0 Å². The Morgan fingerprint density at radius 2 is 2.00 bits per heavy atom. The molecule has 1 unspecified atom stereocenters. The van der Waals surface area contributed by atoms with Crippen LogP contribution in [-0.2, 0) is 0 Å². The molecule has 1 aliphatic heterocycles. The fraction of sp³-hybridized carbons (Fsp3) is 0.231. The predicted molar refractivity (Wildman–Crippen MR) is 64.2 cm³/mol. The van der Waals surface area contributed by atoms with Gasteiger partial charge in [-0.1, -0.05) is 30.3 Å². The quantitative estimate of drug-likeness (QED) is 0.728. The van der Waals surface area contributed by atoms with Crippen LogP contribution in [0.1, 0.15) is 18.1 Å². The number of thioether (sulfide) groups is 1. The van der Waals surface area contributed by atoms with Crippen molar-refractivity contribution < 1.29 is 5.11 Å². The zero-order valence-corrected chi connectivity index (χ0v) is 9.13. The molecule has 1 nitrogen and oxygen atoms in total. The van der Waals surface area contributed by atoms with E-state index in [0.717, 1.165) is 17.7 Å². The normalized spacial score (nSPS) is 20.2. The van der Waals surface area contributed by atoms with E-state index in [1.807, 2.05) is 23.9 Å². The van der Waals surface area contributed by atoms with Crippen LogP contribution in [0.15, 0.2) is 41.3 Å². The summed E-state index contributed by atoms with van der Waals surface area (Å²) in [5, 5.41) is 12.5. The second-order valence-corrected chi connectivity index (χ2v) is 4.99. The van der Waals surface area contributed by atoms with Gasteiger partial charge in [0.15, 0.2) is 0 Å². The number of rotatable bonds is 0. The Morgan fingerprint density at radius 3 is 2.93 bits per heavy atom. The van der Waals surface area contributed by atoms with Crippen molar-refractivity contribution in [2.45, 2.75) is 17.4 Å². The third-order valence-corrected chi connectivity index (χ3v) is 4.02. The Morgan fingerprint density at radius 1 is 1.13 bits per heavy atom. The highest BCUT2D eigenvalue weighted by atomic mass is 32.2. The Bertz CT molecular complexity index is 507. The van der Waals surface area contributed by atoms with Gasteiger partial charge in [0.1, 0.15) is 0 Å². The first kappa shape index (κ1) is 9.25. The van der Waals surface area contributed by atoms with Crippen LogP contribution in [0.5, 0.6) is 0 Å². The summed E-state index contributed by atoms with van der Waals surface area (Å²) in [6.45, 7) is 0. The van der Waals surface area contributed by atoms with Gasteiger partial charge in [-0.25, -0.2) is 0 Å². The average molecular weight is 216 g/mol. The van der Waals surface area contributed by atoms with Crippen LogP contribution in [0.2, 0.25) is 0 Å². The van der Waals surface area contributed by atoms with Crippen molar-refractivity contribution in [2.24, 2.45) is 0 Å². The maximum atomic E-state index is 10.0. The SMILES string of the molecule is OC1CCSc2ccc3ccccc3c21. The standard InChI is InChI=1S/C13H12OS/c14-11-7-8-15-12-6-5-9-3-1-2-4-10(9)13(11)12/h1-6,11,14H,7-8H2. The smallest absolute Gasteiger partial charge is 0.0814 e. The number of aliphatic hydroxyl groups is 1. The van der Waals surface area contributed by atoms with E-state index >= 15 is 0 Å². The van der Waals surface area contributed by atoms with Gasteiger partial charge in [-0.15, -0.1) is 11.8 Å². The summed E-state index contributed by atoms with van der Waals surface area (Å²) in [6, 6.07) is 12.5. The van der Waals surface area contributed by atoms with Crippen LogP contribution in [-0.4, -0.2) is 10.9 Å². The molecule has 0 bridgehead atoms.